The van der Waals surface area contributed by atoms with E-state index in [0.717, 1.165) is 29.3 Å². The molecule has 0 aliphatic carbocycles. The number of benzene rings is 2. The van der Waals surface area contributed by atoms with Crippen LogP contribution in [0.2, 0.25) is 0 Å². The second-order valence-corrected chi connectivity index (χ2v) is 6.16. The van der Waals surface area contributed by atoms with Gasteiger partial charge in [0.15, 0.2) is 12.4 Å². The number of aryl methyl sites for hydroxylation is 2. The van der Waals surface area contributed by atoms with Gasteiger partial charge in [0.05, 0.1) is 4.92 Å². The first-order valence-electron chi connectivity index (χ1n) is 8.32. The Morgan fingerprint density at radius 2 is 2.04 bits per heavy atom. The highest BCUT2D eigenvalue weighted by Gasteiger charge is 2.17. The molecule has 0 atom stereocenters. The molecule has 0 saturated heterocycles. The summed E-state index contributed by atoms with van der Waals surface area (Å²) in [6, 6.07) is 10.1. The molecule has 1 aromatic heterocycles. The molecule has 0 spiro atoms. The summed E-state index contributed by atoms with van der Waals surface area (Å²) in [6.45, 7) is 3.58. The van der Waals surface area contributed by atoms with Gasteiger partial charge in [-0.2, -0.15) is 5.10 Å². The molecule has 0 radical (unpaired) electrons. The summed E-state index contributed by atoms with van der Waals surface area (Å²) >= 11 is 0. The Hall–Kier alpha value is -3.75. The summed E-state index contributed by atoms with van der Waals surface area (Å²) in [6.07, 6.45) is 1.49. The lowest BCUT2D eigenvalue weighted by molar-refractivity contribution is -0.386. The van der Waals surface area contributed by atoms with Crippen LogP contribution in [0.15, 0.2) is 48.7 Å². The zero-order valence-corrected chi connectivity index (χ0v) is 15.2. The summed E-state index contributed by atoms with van der Waals surface area (Å²) in [5, 5.41) is 17.9. The van der Waals surface area contributed by atoms with Crippen molar-refractivity contribution >= 4 is 17.3 Å². The van der Waals surface area contributed by atoms with E-state index in [9.17, 15) is 19.3 Å². The molecular weight excluding hydrogens is 367 g/mol. The van der Waals surface area contributed by atoms with Gasteiger partial charge < -0.3 is 10.1 Å². The lowest BCUT2D eigenvalue weighted by Crippen LogP contribution is -2.15. The fourth-order valence-corrected chi connectivity index (χ4v) is 2.50. The number of hydrogen-bond donors (Lipinski definition) is 1. The van der Waals surface area contributed by atoms with Crippen LogP contribution in [-0.4, -0.2) is 20.6 Å². The molecule has 1 N–H and O–H groups in total. The van der Waals surface area contributed by atoms with E-state index in [2.05, 4.69) is 10.4 Å². The molecule has 3 aromatic rings. The standard InChI is InChI=1S/C19H17FN4O4/c1-12-3-4-13(2)16(9-12)21-19(25)15-7-8-23(22-15)11-28-18-10-14(20)5-6-17(18)24(26)27/h3-10H,11H2,1-2H3,(H,21,25). The van der Waals surface area contributed by atoms with E-state index in [4.69, 9.17) is 4.74 Å². The lowest BCUT2D eigenvalue weighted by atomic mass is 10.1. The van der Waals surface area contributed by atoms with Crippen molar-refractivity contribution in [2.45, 2.75) is 20.6 Å². The number of ether oxygens (including phenoxy) is 1. The number of amides is 1. The van der Waals surface area contributed by atoms with Gasteiger partial charge in [0.1, 0.15) is 5.82 Å². The van der Waals surface area contributed by atoms with Crippen LogP contribution >= 0.6 is 0 Å². The van der Waals surface area contributed by atoms with Crippen LogP contribution in [0.5, 0.6) is 5.75 Å². The number of nitrogens with one attached hydrogen (secondary N) is 1. The van der Waals surface area contributed by atoms with Gasteiger partial charge in [-0.3, -0.25) is 14.9 Å². The molecule has 0 fully saturated rings. The van der Waals surface area contributed by atoms with E-state index in [1.807, 2.05) is 32.0 Å². The fourth-order valence-electron chi connectivity index (χ4n) is 2.50. The van der Waals surface area contributed by atoms with Crippen LogP contribution in [0.4, 0.5) is 15.8 Å². The largest absolute Gasteiger partial charge is 0.464 e. The van der Waals surface area contributed by atoms with E-state index in [1.54, 1.807) is 0 Å². The molecule has 28 heavy (non-hydrogen) atoms. The normalized spacial score (nSPS) is 10.5. The Bertz CT molecular complexity index is 1050. The number of carbonyl (C=O) groups is 1. The minimum atomic E-state index is -0.666. The van der Waals surface area contributed by atoms with Gasteiger partial charge in [-0.05, 0) is 43.2 Å². The first-order valence-corrected chi connectivity index (χ1v) is 8.32. The zero-order chi connectivity index (χ0) is 20.3. The number of aromatic nitrogens is 2. The average Bonchev–Trinajstić information content (AvgIpc) is 3.12. The van der Waals surface area contributed by atoms with Crippen molar-refractivity contribution in [1.29, 1.82) is 0 Å². The van der Waals surface area contributed by atoms with E-state index >= 15 is 0 Å². The fraction of sp³-hybridized carbons (Fsp3) is 0.158. The number of nitrogens with zero attached hydrogens (tertiary/aromatic N) is 3. The molecule has 8 nitrogen and oxygen atoms in total. The number of nitro benzene ring substituents is 1. The second-order valence-electron chi connectivity index (χ2n) is 6.16. The van der Waals surface area contributed by atoms with Crippen molar-refractivity contribution in [3.05, 3.63) is 81.4 Å². The lowest BCUT2D eigenvalue weighted by Gasteiger charge is -2.08. The summed E-state index contributed by atoms with van der Waals surface area (Å²) in [5.74, 6) is -1.28. The molecule has 0 aliphatic rings. The molecular formula is C19H17FN4O4. The molecule has 1 amide bonds. The molecule has 0 bridgehead atoms. The van der Waals surface area contributed by atoms with Crippen molar-refractivity contribution in [3.63, 3.8) is 0 Å². The molecule has 144 valence electrons. The van der Waals surface area contributed by atoms with E-state index < -0.39 is 16.6 Å². The van der Waals surface area contributed by atoms with Crippen molar-refractivity contribution in [2.75, 3.05) is 5.32 Å². The molecule has 0 saturated carbocycles. The van der Waals surface area contributed by atoms with Gasteiger partial charge in [0.25, 0.3) is 5.91 Å². The summed E-state index contributed by atoms with van der Waals surface area (Å²) in [7, 11) is 0. The van der Waals surface area contributed by atoms with Gasteiger partial charge in [-0.1, -0.05) is 12.1 Å². The highest BCUT2D eigenvalue weighted by Crippen LogP contribution is 2.27. The smallest absolute Gasteiger partial charge is 0.311 e. The number of nitro groups is 1. The molecule has 0 unspecified atom stereocenters. The monoisotopic (exact) mass is 384 g/mol. The van der Waals surface area contributed by atoms with Crippen molar-refractivity contribution in [1.82, 2.24) is 9.78 Å². The molecule has 3 rings (SSSR count). The number of halogens is 1. The third-order valence-electron chi connectivity index (χ3n) is 3.99. The maximum Gasteiger partial charge on any atom is 0.311 e. The third kappa shape index (κ3) is 4.32. The average molecular weight is 384 g/mol. The summed E-state index contributed by atoms with van der Waals surface area (Å²) in [4.78, 5) is 22.7. The quantitative estimate of drug-likeness (QED) is 0.514. The highest BCUT2D eigenvalue weighted by molar-refractivity contribution is 6.03. The second kappa shape index (κ2) is 7.87. The zero-order valence-electron chi connectivity index (χ0n) is 15.2. The van der Waals surface area contributed by atoms with Crippen LogP contribution in [0.1, 0.15) is 21.6 Å². The van der Waals surface area contributed by atoms with Crippen molar-refractivity contribution in [3.8, 4) is 5.75 Å². The Balaban J connectivity index is 1.69. The number of hydrogen-bond acceptors (Lipinski definition) is 5. The van der Waals surface area contributed by atoms with E-state index in [1.165, 1.54) is 16.9 Å². The van der Waals surface area contributed by atoms with Crippen molar-refractivity contribution in [2.24, 2.45) is 0 Å². The van der Waals surface area contributed by atoms with Gasteiger partial charge in [0, 0.05) is 24.0 Å². The first-order chi connectivity index (χ1) is 13.3. The minimum absolute atomic E-state index is 0.151. The predicted molar refractivity (Wildman–Crippen MR) is 99.8 cm³/mol. The Morgan fingerprint density at radius 3 is 2.79 bits per heavy atom. The van der Waals surface area contributed by atoms with Crippen LogP contribution in [0, 0.1) is 29.8 Å². The van der Waals surface area contributed by atoms with E-state index in [-0.39, 0.29) is 23.9 Å². The van der Waals surface area contributed by atoms with Crippen LogP contribution in [-0.2, 0) is 6.73 Å². The van der Waals surface area contributed by atoms with Crippen molar-refractivity contribution < 1.29 is 18.8 Å². The number of anilines is 1. The molecule has 2 aromatic carbocycles. The Morgan fingerprint density at radius 1 is 1.25 bits per heavy atom. The summed E-state index contributed by atoms with van der Waals surface area (Å²) in [5.41, 5.74) is 2.41. The van der Waals surface area contributed by atoms with Gasteiger partial charge in [0.2, 0.25) is 5.75 Å². The van der Waals surface area contributed by atoms with Crippen LogP contribution in [0.3, 0.4) is 0 Å². The van der Waals surface area contributed by atoms with Crippen LogP contribution < -0.4 is 10.1 Å². The maximum atomic E-state index is 13.3. The number of carbonyl (C=O) groups excluding carboxylic acids is 1. The molecule has 9 heteroatoms. The van der Waals surface area contributed by atoms with E-state index in [0.29, 0.717) is 5.69 Å². The topological polar surface area (TPSA) is 99.3 Å². The molecule has 0 aliphatic heterocycles. The Kier molecular flexibility index (Phi) is 5.35. The number of rotatable bonds is 6. The highest BCUT2D eigenvalue weighted by atomic mass is 19.1. The molecule has 1 heterocycles. The van der Waals surface area contributed by atoms with Gasteiger partial charge in [-0.15, -0.1) is 0 Å². The van der Waals surface area contributed by atoms with Gasteiger partial charge >= 0.3 is 5.69 Å². The maximum absolute atomic E-state index is 13.3. The summed E-state index contributed by atoms with van der Waals surface area (Å²) < 4.78 is 19.9. The predicted octanol–water partition coefficient (Wildman–Crippen LogP) is 3.84. The third-order valence-corrected chi connectivity index (χ3v) is 3.99. The Labute approximate surface area is 159 Å². The SMILES string of the molecule is Cc1ccc(C)c(NC(=O)c2ccn(COc3cc(F)ccc3[N+](=O)[O-])n2)c1. The minimum Gasteiger partial charge on any atom is -0.464 e. The first kappa shape index (κ1) is 19.0. The van der Waals surface area contributed by atoms with Gasteiger partial charge in [-0.25, -0.2) is 9.07 Å². The van der Waals surface area contributed by atoms with Crippen LogP contribution in [0.25, 0.3) is 0 Å².